The van der Waals surface area contributed by atoms with Gasteiger partial charge in [0.2, 0.25) is 0 Å². The summed E-state index contributed by atoms with van der Waals surface area (Å²) in [4.78, 5) is 15.2. The van der Waals surface area contributed by atoms with E-state index < -0.39 is 0 Å². The molecule has 0 saturated carbocycles. The molecule has 5 nitrogen and oxygen atoms in total. The highest BCUT2D eigenvalue weighted by Gasteiger charge is 2.29. The van der Waals surface area contributed by atoms with Gasteiger partial charge >= 0.3 is 0 Å². The third-order valence-corrected chi connectivity index (χ3v) is 5.91. The number of aromatic nitrogens is 3. The van der Waals surface area contributed by atoms with Gasteiger partial charge in [0.05, 0.1) is 29.3 Å². The van der Waals surface area contributed by atoms with Crippen molar-refractivity contribution in [3.05, 3.63) is 35.3 Å². The fourth-order valence-electron chi connectivity index (χ4n) is 4.35. The zero-order valence-electron chi connectivity index (χ0n) is 17.2. The van der Waals surface area contributed by atoms with Crippen LogP contribution >= 0.6 is 0 Å². The lowest BCUT2D eigenvalue weighted by molar-refractivity contribution is 0.160. The van der Waals surface area contributed by atoms with Gasteiger partial charge in [-0.1, -0.05) is 22.5 Å². The van der Waals surface area contributed by atoms with Crippen LogP contribution < -0.4 is 27.7 Å². The van der Waals surface area contributed by atoms with E-state index >= 15 is 0 Å². The van der Waals surface area contributed by atoms with Crippen LogP contribution in [0.4, 0.5) is 0 Å². The van der Waals surface area contributed by atoms with Gasteiger partial charge < -0.3 is 10.7 Å². The van der Waals surface area contributed by atoms with Gasteiger partial charge in [0, 0.05) is 0 Å². The summed E-state index contributed by atoms with van der Waals surface area (Å²) in [5, 5.41) is 0. The number of nitrogens with two attached hydrogens (primary N) is 1. The zero-order chi connectivity index (χ0) is 21.3. The third kappa shape index (κ3) is 4.23. The Morgan fingerprint density at radius 1 is 1.10 bits per heavy atom. The Hall–Kier alpha value is -1.98. The summed E-state index contributed by atoms with van der Waals surface area (Å²) in [5.74, 6) is 0.895. The Kier molecular flexibility index (Phi) is 6.40. The highest BCUT2D eigenvalue weighted by atomic mass is 15.2. The zero-order valence-corrected chi connectivity index (χ0v) is 17.2. The first kappa shape index (κ1) is 21.3. The van der Waals surface area contributed by atoms with Gasteiger partial charge in [-0.25, -0.2) is 4.98 Å². The number of nitrogens with one attached hydrogen (secondary N) is 1. The van der Waals surface area contributed by atoms with Gasteiger partial charge in [0.15, 0.2) is 0 Å². The van der Waals surface area contributed by atoms with Crippen molar-refractivity contribution in [1.29, 1.82) is 0 Å². The van der Waals surface area contributed by atoms with Gasteiger partial charge in [-0.2, -0.15) is 0 Å². The minimum atomic E-state index is 0.106. The SMILES string of the molecule is [B]c1ccc2nc(CN(CCCCN)[C@H]3CCCc4c3nc([B])c([B])c4[B])[nH]c2c1. The van der Waals surface area contributed by atoms with Crippen molar-refractivity contribution in [3.63, 3.8) is 0 Å². The number of rotatable bonds is 7. The summed E-state index contributed by atoms with van der Waals surface area (Å²) in [5.41, 5.74) is 11.5. The quantitative estimate of drug-likeness (QED) is 0.392. The molecule has 0 aliphatic heterocycles. The lowest BCUT2D eigenvalue weighted by Crippen LogP contribution is -2.47. The molecule has 0 unspecified atom stereocenters. The predicted molar refractivity (Wildman–Crippen MR) is 126 cm³/mol. The topological polar surface area (TPSA) is 70.8 Å². The summed E-state index contributed by atoms with van der Waals surface area (Å²) >= 11 is 0. The van der Waals surface area contributed by atoms with Gasteiger partial charge in [-0.05, 0) is 68.5 Å². The number of nitrogens with zero attached hydrogens (tertiary/aromatic N) is 3. The van der Waals surface area contributed by atoms with Gasteiger partial charge in [-0.3, -0.25) is 9.88 Å². The van der Waals surface area contributed by atoms with Crippen molar-refractivity contribution in [3.8, 4) is 0 Å². The van der Waals surface area contributed by atoms with Crippen LogP contribution in [0.25, 0.3) is 11.0 Å². The highest BCUT2D eigenvalue weighted by molar-refractivity contribution is 6.56. The number of aromatic amines is 1. The summed E-state index contributed by atoms with van der Waals surface area (Å²) in [6, 6.07) is 5.82. The van der Waals surface area contributed by atoms with E-state index in [1.165, 1.54) is 0 Å². The molecule has 1 aliphatic rings. The lowest BCUT2D eigenvalue weighted by Gasteiger charge is -2.36. The van der Waals surface area contributed by atoms with Gasteiger partial charge in [-0.15, -0.1) is 0 Å². The van der Waals surface area contributed by atoms with Crippen LogP contribution in [0.2, 0.25) is 0 Å². The Balaban J connectivity index is 1.67. The summed E-state index contributed by atoms with van der Waals surface area (Å²) in [6.07, 6.45) is 4.84. The molecule has 0 amide bonds. The van der Waals surface area contributed by atoms with Crippen LogP contribution in [0.15, 0.2) is 18.2 Å². The molecule has 4 rings (SSSR count). The molecule has 0 saturated heterocycles. The van der Waals surface area contributed by atoms with E-state index in [9.17, 15) is 0 Å². The van der Waals surface area contributed by atoms with Crippen LogP contribution in [-0.2, 0) is 13.0 Å². The van der Waals surface area contributed by atoms with E-state index in [1.807, 2.05) is 18.2 Å². The predicted octanol–water partition coefficient (Wildman–Crippen LogP) is -1.25. The first-order valence-corrected chi connectivity index (χ1v) is 10.5. The Labute approximate surface area is 183 Å². The highest BCUT2D eigenvalue weighted by Crippen LogP contribution is 2.32. The Morgan fingerprint density at radius 3 is 2.73 bits per heavy atom. The molecule has 2 heterocycles. The lowest BCUT2D eigenvalue weighted by atomic mass is 9.70. The van der Waals surface area contributed by atoms with Crippen LogP contribution in [0, 0.1) is 0 Å². The van der Waals surface area contributed by atoms with Crippen LogP contribution in [0.5, 0.6) is 0 Å². The van der Waals surface area contributed by atoms with Crippen molar-refractivity contribution in [2.45, 2.75) is 44.7 Å². The fraction of sp³-hybridized carbons (Fsp3) is 0.429. The average molecular weight is 389 g/mol. The Bertz CT molecular complexity index is 1050. The molecular weight excluding hydrogens is 366 g/mol. The minimum absolute atomic E-state index is 0.106. The van der Waals surface area contributed by atoms with E-state index in [2.05, 4.69) is 14.9 Å². The van der Waals surface area contributed by atoms with E-state index in [-0.39, 0.29) is 6.04 Å². The number of imidazole rings is 1. The molecular formula is C21H23B4N5. The smallest absolute Gasteiger partial charge is 0.140 e. The maximum atomic E-state index is 6.30. The number of H-pyrrole nitrogens is 1. The molecule has 3 N–H and O–H groups in total. The number of benzene rings is 1. The van der Waals surface area contributed by atoms with Crippen molar-refractivity contribution < 1.29 is 0 Å². The Morgan fingerprint density at radius 2 is 1.93 bits per heavy atom. The molecule has 0 spiro atoms. The van der Waals surface area contributed by atoms with Crippen molar-refractivity contribution in [2.75, 3.05) is 13.1 Å². The normalized spacial score (nSPS) is 16.3. The summed E-state index contributed by atoms with van der Waals surface area (Å²) < 4.78 is 0. The average Bonchev–Trinajstić information content (AvgIpc) is 3.12. The summed E-state index contributed by atoms with van der Waals surface area (Å²) in [6.45, 7) is 2.22. The first-order valence-electron chi connectivity index (χ1n) is 10.5. The molecule has 1 aliphatic carbocycles. The van der Waals surface area contributed by atoms with E-state index in [0.717, 1.165) is 66.8 Å². The van der Waals surface area contributed by atoms with E-state index in [0.29, 0.717) is 35.1 Å². The number of pyridine rings is 1. The maximum absolute atomic E-state index is 6.30. The minimum Gasteiger partial charge on any atom is -0.341 e. The molecule has 9 heteroatoms. The standard InChI is InChI=1S/C21H23B4N5/c22-12-6-7-14-15(10-12)28-17(27-14)11-30(9-2-1-8-26)16-5-3-4-13-18(23)19(24)21(25)29-20(13)16/h6-7,10,16H,1-5,8-9,11,26H2,(H,27,28)/t16-/m0/s1. The van der Waals surface area contributed by atoms with Gasteiger partial charge in [0.25, 0.3) is 0 Å². The number of unbranched alkanes of at least 4 members (excludes halogenated alkanes) is 1. The largest absolute Gasteiger partial charge is 0.341 e. The third-order valence-electron chi connectivity index (χ3n) is 5.91. The first-order chi connectivity index (χ1) is 14.5. The molecule has 3 aromatic rings. The van der Waals surface area contributed by atoms with Crippen LogP contribution in [0.1, 0.15) is 48.8 Å². The van der Waals surface area contributed by atoms with Crippen LogP contribution in [-0.4, -0.2) is 64.3 Å². The van der Waals surface area contributed by atoms with E-state index in [1.54, 1.807) is 0 Å². The maximum Gasteiger partial charge on any atom is 0.140 e. The second kappa shape index (κ2) is 9.03. The molecule has 144 valence electrons. The molecule has 1 atom stereocenters. The monoisotopic (exact) mass is 389 g/mol. The fourth-order valence-corrected chi connectivity index (χ4v) is 4.35. The van der Waals surface area contributed by atoms with Crippen LogP contribution in [0.3, 0.4) is 0 Å². The molecule has 1 aromatic carbocycles. The molecule has 30 heavy (non-hydrogen) atoms. The van der Waals surface area contributed by atoms with Crippen molar-refractivity contribution >= 4 is 64.4 Å². The van der Waals surface area contributed by atoms with Gasteiger partial charge in [0.1, 0.15) is 37.2 Å². The molecule has 8 radical (unpaired) electrons. The van der Waals surface area contributed by atoms with Crippen molar-refractivity contribution in [2.24, 2.45) is 5.73 Å². The second-order valence-electron chi connectivity index (χ2n) is 8.02. The number of hydrogen-bond donors (Lipinski definition) is 2. The molecule has 0 fully saturated rings. The van der Waals surface area contributed by atoms with E-state index in [4.69, 9.17) is 42.1 Å². The number of hydrogen-bond acceptors (Lipinski definition) is 4. The number of fused-ring (bicyclic) bond motifs is 2. The molecule has 0 bridgehead atoms. The molecule has 2 aromatic heterocycles. The second-order valence-corrected chi connectivity index (χ2v) is 8.02. The summed E-state index contributed by atoms with van der Waals surface area (Å²) in [7, 11) is 24.3. The van der Waals surface area contributed by atoms with Crippen molar-refractivity contribution in [1.82, 2.24) is 19.9 Å².